The van der Waals surface area contributed by atoms with E-state index in [4.69, 9.17) is 4.42 Å². The monoisotopic (exact) mass is 184 g/mol. The number of hydrogen-bond donors (Lipinski definition) is 0. The highest BCUT2D eigenvalue weighted by Crippen LogP contribution is 2.12. The lowest BCUT2D eigenvalue weighted by molar-refractivity contribution is 0.555. The van der Waals surface area contributed by atoms with Crippen molar-refractivity contribution in [1.29, 1.82) is 0 Å². The predicted molar refractivity (Wildman–Crippen MR) is 58.8 cm³/mol. The van der Waals surface area contributed by atoms with E-state index in [-0.39, 0.29) is 0 Å². The van der Waals surface area contributed by atoms with Crippen LogP contribution in [0.1, 0.15) is 16.9 Å². The maximum atomic E-state index is 5.30. The smallest absolute Gasteiger partial charge is 0.129 e. The zero-order valence-electron chi connectivity index (χ0n) is 8.10. The Balaban J connectivity index is 2.20. The first-order valence-electron chi connectivity index (χ1n) is 4.63. The number of aryl methyl sites for hydroxylation is 1. The summed E-state index contributed by atoms with van der Waals surface area (Å²) in [5.41, 5.74) is 2.35. The first-order chi connectivity index (χ1) is 6.86. The summed E-state index contributed by atoms with van der Waals surface area (Å²) in [6.45, 7) is 2.04. The second-order valence-electron chi connectivity index (χ2n) is 3.21. The second-order valence-corrected chi connectivity index (χ2v) is 3.21. The van der Waals surface area contributed by atoms with Crippen molar-refractivity contribution in [2.45, 2.75) is 6.92 Å². The van der Waals surface area contributed by atoms with Crippen LogP contribution in [0.4, 0.5) is 0 Å². The highest BCUT2D eigenvalue weighted by molar-refractivity contribution is 5.68. The van der Waals surface area contributed by atoms with Gasteiger partial charge in [0.05, 0.1) is 6.26 Å². The minimum atomic E-state index is 0.925. The van der Waals surface area contributed by atoms with E-state index < -0.39 is 0 Å². The lowest BCUT2D eigenvalue weighted by atomic mass is 10.2. The average Bonchev–Trinajstić information content (AvgIpc) is 2.63. The fraction of sp³-hybridized carbons (Fsp3) is 0.0769. The molecule has 0 N–H and O–H groups in total. The molecule has 0 aliphatic heterocycles. The van der Waals surface area contributed by atoms with Gasteiger partial charge in [-0.3, -0.25) is 0 Å². The van der Waals surface area contributed by atoms with E-state index in [9.17, 15) is 0 Å². The fourth-order valence-electron chi connectivity index (χ4n) is 1.29. The predicted octanol–water partition coefficient (Wildman–Crippen LogP) is 3.76. The van der Waals surface area contributed by atoms with Gasteiger partial charge < -0.3 is 4.42 Å². The van der Waals surface area contributed by atoms with Crippen LogP contribution in [-0.4, -0.2) is 0 Å². The Hall–Kier alpha value is -1.76. The molecule has 0 aliphatic rings. The summed E-state index contributed by atoms with van der Waals surface area (Å²) in [6, 6.07) is 12.1. The Bertz CT molecular complexity index is 424. The molecule has 0 amide bonds. The zero-order valence-corrected chi connectivity index (χ0v) is 8.10. The summed E-state index contributed by atoms with van der Waals surface area (Å²) in [5.74, 6) is 0.925. The third-order valence-corrected chi connectivity index (χ3v) is 2.13. The van der Waals surface area contributed by atoms with Crippen molar-refractivity contribution in [3.8, 4) is 0 Å². The topological polar surface area (TPSA) is 13.1 Å². The van der Waals surface area contributed by atoms with E-state index in [2.05, 4.69) is 12.1 Å². The summed E-state index contributed by atoms with van der Waals surface area (Å²) in [5, 5.41) is 0. The summed E-state index contributed by atoms with van der Waals surface area (Å²) in [7, 11) is 0. The van der Waals surface area contributed by atoms with E-state index in [0.29, 0.717) is 0 Å². The molecule has 0 saturated heterocycles. The second kappa shape index (κ2) is 3.97. The van der Waals surface area contributed by atoms with Gasteiger partial charge in [0, 0.05) is 0 Å². The van der Waals surface area contributed by atoms with Crippen molar-refractivity contribution in [2.75, 3.05) is 0 Å². The van der Waals surface area contributed by atoms with E-state index in [1.165, 1.54) is 5.56 Å². The SMILES string of the molecule is Cc1ccoc1/C=C/c1ccccc1. The quantitative estimate of drug-likeness (QED) is 0.692. The lowest BCUT2D eigenvalue weighted by Crippen LogP contribution is -1.71. The van der Waals surface area contributed by atoms with Crippen molar-refractivity contribution in [3.63, 3.8) is 0 Å². The molecule has 0 fully saturated rings. The Labute approximate surface area is 83.7 Å². The third kappa shape index (κ3) is 1.94. The molecule has 70 valence electrons. The highest BCUT2D eigenvalue weighted by Gasteiger charge is 1.95. The van der Waals surface area contributed by atoms with Crippen LogP contribution in [0, 0.1) is 6.92 Å². The molecule has 1 aromatic carbocycles. The van der Waals surface area contributed by atoms with Crippen molar-refractivity contribution < 1.29 is 4.42 Å². The lowest BCUT2D eigenvalue weighted by Gasteiger charge is -1.91. The van der Waals surface area contributed by atoms with Crippen LogP contribution in [0.25, 0.3) is 12.2 Å². The normalized spacial score (nSPS) is 10.9. The van der Waals surface area contributed by atoms with Crippen molar-refractivity contribution in [1.82, 2.24) is 0 Å². The van der Waals surface area contributed by atoms with Crippen LogP contribution < -0.4 is 0 Å². The molecule has 0 unspecified atom stereocenters. The van der Waals surface area contributed by atoms with Gasteiger partial charge in [0.15, 0.2) is 0 Å². The molecular weight excluding hydrogens is 172 g/mol. The largest absolute Gasteiger partial charge is 0.465 e. The van der Waals surface area contributed by atoms with Crippen LogP contribution in [0.15, 0.2) is 47.1 Å². The van der Waals surface area contributed by atoms with E-state index in [0.717, 1.165) is 11.3 Å². The molecule has 0 spiro atoms. The molecule has 0 atom stereocenters. The Morgan fingerprint density at radius 3 is 2.43 bits per heavy atom. The minimum absolute atomic E-state index is 0.925. The third-order valence-electron chi connectivity index (χ3n) is 2.13. The van der Waals surface area contributed by atoms with Gasteiger partial charge in [-0.1, -0.05) is 36.4 Å². The number of hydrogen-bond acceptors (Lipinski definition) is 1. The molecule has 14 heavy (non-hydrogen) atoms. The number of benzene rings is 1. The van der Waals surface area contributed by atoms with Gasteiger partial charge in [0.25, 0.3) is 0 Å². The summed E-state index contributed by atoms with van der Waals surface area (Å²) in [6.07, 6.45) is 5.75. The molecule has 1 heterocycles. The van der Waals surface area contributed by atoms with Gasteiger partial charge in [0.1, 0.15) is 5.76 Å². The van der Waals surface area contributed by atoms with Gasteiger partial charge in [-0.15, -0.1) is 0 Å². The van der Waals surface area contributed by atoms with E-state index >= 15 is 0 Å². The Kier molecular flexibility index (Phi) is 2.50. The standard InChI is InChI=1S/C13H12O/c1-11-9-10-14-13(11)8-7-12-5-3-2-4-6-12/h2-10H,1H3/b8-7+. The summed E-state index contributed by atoms with van der Waals surface area (Å²) in [4.78, 5) is 0. The summed E-state index contributed by atoms with van der Waals surface area (Å²) < 4.78 is 5.30. The van der Waals surface area contributed by atoms with Gasteiger partial charge in [-0.05, 0) is 30.2 Å². The minimum Gasteiger partial charge on any atom is -0.465 e. The first kappa shape index (κ1) is 8.82. The fourth-order valence-corrected chi connectivity index (χ4v) is 1.29. The molecule has 0 bridgehead atoms. The Morgan fingerprint density at radius 2 is 1.79 bits per heavy atom. The molecule has 1 heteroatoms. The van der Waals surface area contributed by atoms with Gasteiger partial charge in [-0.2, -0.15) is 0 Å². The van der Waals surface area contributed by atoms with E-state index in [1.54, 1.807) is 6.26 Å². The van der Waals surface area contributed by atoms with Crippen LogP contribution in [0.3, 0.4) is 0 Å². The van der Waals surface area contributed by atoms with Gasteiger partial charge in [0.2, 0.25) is 0 Å². The maximum absolute atomic E-state index is 5.30. The van der Waals surface area contributed by atoms with Crippen LogP contribution in [0.5, 0.6) is 0 Å². The van der Waals surface area contributed by atoms with Crippen molar-refractivity contribution >= 4 is 12.2 Å². The van der Waals surface area contributed by atoms with Crippen molar-refractivity contribution in [2.24, 2.45) is 0 Å². The average molecular weight is 184 g/mol. The molecule has 2 rings (SSSR count). The van der Waals surface area contributed by atoms with E-state index in [1.807, 2.05) is 43.3 Å². The van der Waals surface area contributed by atoms with Crippen LogP contribution in [0.2, 0.25) is 0 Å². The molecule has 0 aliphatic carbocycles. The molecule has 1 aromatic heterocycles. The van der Waals surface area contributed by atoms with Crippen molar-refractivity contribution in [3.05, 3.63) is 59.5 Å². The Morgan fingerprint density at radius 1 is 1.00 bits per heavy atom. The number of rotatable bonds is 2. The van der Waals surface area contributed by atoms with Gasteiger partial charge >= 0.3 is 0 Å². The molecule has 0 saturated carbocycles. The van der Waals surface area contributed by atoms with Crippen LogP contribution >= 0.6 is 0 Å². The van der Waals surface area contributed by atoms with Crippen LogP contribution in [-0.2, 0) is 0 Å². The molecule has 0 radical (unpaired) electrons. The molecule has 1 nitrogen and oxygen atoms in total. The first-order valence-corrected chi connectivity index (χ1v) is 4.63. The van der Waals surface area contributed by atoms with Gasteiger partial charge in [-0.25, -0.2) is 0 Å². The maximum Gasteiger partial charge on any atom is 0.129 e. The highest BCUT2D eigenvalue weighted by atomic mass is 16.3. The number of furan rings is 1. The molecule has 2 aromatic rings. The molecular formula is C13H12O. The zero-order chi connectivity index (χ0) is 9.80. The summed E-state index contributed by atoms with van der Waals surface area (Å²) >= 11 is 0.